The largest absolute Gasteiger partial charge is 0.382 e. The summed E-state index contributed by atoms with van der Waals surface area (Å²) in [6.07, 6.45) is 6.01. The minimum atomic E-state index is -0.131. The zero-order chi connectivity index (χ0) is 17.3. The highest BCUT2D eigenvalue weighted by molar-refractivity contribution is 5.93. The van der Waals surface area contributed by atoms with E-state index in [1.54, 1.807) is 12.3 Å². The van der Waals surface area contributed by atoms with E-state index in [2.05, 4.69) is 27.8 Å². The second-order valence-corrected chi connectivity index (χ2v) is 6.29. The van der Waals surface area contributed by atoms with Gasteiger partial charge in [-0.3, -0.25) is 9.78 Å². The van der Waals surface area contributed by atoms with Gasteiger partial charge in [0.1, 0.15) is 5.69 Å². The van der Waals surface area contributed by atoms with Gasteiger partial charge in [0.05, 0.1) is 6.10 Å². The van der Waals surface area contributed by atoms with E-state index in [1.165, 1.54) is 5.56 Å². The average Bonchev–Trinajstić information content (AvgIpc) is 3.18. The van der Waals surface area contributed by atoms with Crippen LogP contribution in [0.1, 0.15) is 35.3 Å². The smallest absolute Gasteiger partial charge is 0.269 e. The molecule has 1 atom stereocenters. The molecule has 0 aliphatic carbocycles. The zero-order valence-corrected chi connectivity index (χ0v) is 14.4. The van der Waals surface area contributed by atoms with Gasteiger partial charge < -0.3 is 15.4 Å². The third-order valence-electron chi connectivity index (χ3n) is 4.32. The van der Waals surface area contributed by atoms with Crippen molar-refractivity contribution in [1.82, 2.24) is 10.3 Å². The van der Waals surface area contributed by atoms with E-state index >= 15 is 0 Å². The van der Waals surface area contributed by atoms with Crippen LogP contribution in [0.3, 0.4) is 0 Å². The van der Waals surface area contributed by atoms with Gasteiger partial charge in [-0.2, -0.15) is 0 Å². The summed E-state index contributed by atoms with van der Waals surface area (Å²) >= 11 is 0. The van der Waals surface area contributed by atoms with Gasteiger partial charge in [0.25, 0.3) is 5.91 Å². The molecule has 0 saturated carbocycles. The van der Waals surface area contributed by atoms with E-state index in [1.807, 2.05) is 24.3 Å². The number of amides is 1. The average molecular weight is 339 g/mol. The molecule has 0 spiro atoms. The maximum atomic E-state index is 12.2. The van der Waals surface area contributed by atoms with Crippen molar-refractivity contribution in [2.24, 2.45) is 0 Å². The molecule has 132 valence electrons. The van der Waals surface area contributed by atoms with Crippen molar-refractivity contribution in [3.05, 3.63) is 59.9 Å². The Balaban J connectivity index is 1.42. The van der Waals surface area contributed by atoms with E-state index in [4.69, 9.17) is 4.74 Å². The standard InChI is InChI=1S/C20H25N3O2/c24-20(22-11-4-8-16-6-2-1-3-7-16)19-14-17(10-12-21-19)23-15-18-9-5-13-25-18/h1-3,6-7,10,12,14,18H,4-5,8-9,11,13,15H2,(H,21,23)(H,22,24). The Morgan fingerprint density at radius 1 is 1.24 bits per heavy atom. The first-order valence-corrected chi connectivity index (χ1v) is 8.95. The molecular weight excluding hydrogens is 314 g/mol. The fourth-order valence-corrected chi connectivity index (χ4v) is 2.93. The van der Waals surface area contributed by atoms with Crippen molar-refractivity contribution in [3.8, 4) is 0 Å². The molecule has 2 aromatic rings. The van der Waals surface area contributed by atoms with Crippen LogP contribution in [0.2, 0.25) is 0 Å². The van der Waals surface area contributed by atoms with Crippen molar-refractivity contribution in [2.75, 3.05) is 25.0 Å². The first-order valence-electron chi connectivity index (χ1n) is 8.95. The van der Waals surface area contributed by atoms with Crippen molar-refractivity contribution >= 4 is 11.6 Å². The number of aryl methyl sites for hydroxylation is 1. The van der Waals surface area contributed by atoms with Crippen LogP contribution in [0.4, 0.5) is 5.69 Å². The Hall–Kier alpha value is -2.40. The summed E-state index contributed by atoms with van der Waals surface area (Å²) in [5, 5.41) is 6.27. The van der Waals surface area contributed by atoms with Crippen LogP contribution in [0.25, 0.3) is 0 Å². The predicted octanol–water partition coefficient (Wildman–Crippen LogP) is 3.04. The third kappa shape index (κ3) is 5.57. The lowest BCUT2D eigenvalue weighted by Crippen LogP contribution is -2.26. The first-order chi connectivity index (χ1) is 12.3. The highest BCUT2D eigenvalue weighted by atomic mass is 16.5. The molecule has 1 fully saturated rings. The molecule has 1 saturated heterocycles. The number of hydrogen-bond acceptors (Lipinski definition) is 4. The molecule has 5 nitrogen and oxygen atoms in total. The molecule has 0 bridgehead atoms. The van der Waals surface area contributed by atoms with Gasteiger partial charge in [-0.05, 0) is 43.4 Å². The van der Waals surface area contributed by atoms with Crippen LogP contribution >= 0.6 is 0 Å². The van der Waals surface area contributed by atoms with Crippen LogP contribution in [0.5, 0.6) is 0 Å². The summed E-state index contributed by atoms with van der Waals surface area (Å²) in [7, 11) is 0. The van der Waals surface area contributed by atoms with Crippen LogP contribution in [0, 0.1) is 0 Å². The minimum Gasteiger partial charge on any atom is -0.382 e. The molecule has 25 heavy (non-hydrogen) atoms. The highest BCUT2D eigenvalue weighted by Crippen LogP contribution is 2.14. The van der Waals surface area contributed by atoms with Crippen molar-refractivity contribution in [3.63, 3.8) is 0 Å². The Morgan fingerprint density at radius 3 is 2.92 bits per heavy atom. The van der Waals surface area contributed by atoms with Crippen LogP contribution < -0.4 is 10.6 Å². The van der Waals surface area contributed by atoms with Crippen molar-refractivity contribution in [2.45, 2.75) is 31.8 Å². The van der Waals surface area contributed by atoms with Gasteiger partial charge in [-0.15, -0.1) is 0 Å². The molecule has 1 aromatic carbocycles. The lowest BCUT2D eigenvalue weighted by molar-refractivity contribution is 0.0948. The van der Waals surface area contributed by atoms with Crippen LogP contribution in [-0.2, 0) is 11.2 Å². The molecule has 5 heteroatoms. The number of carbonyl (C=O) groups excluding carboxylic acids is 1. The van der Waals surface area contributed by atoms with Crippen LogP contribution in [-0.4, -0.2) is 36.7 Å². The fraction of sp³-hybridized carbons (Fsp3) is 0.400. The van der Waals surface area contributed by atoms with E-state index in [-0.39, 0.29) is 12.0 Å². The minimum absolute atomic E-state index is 0.131. The van der Waals surface area contributed by atoms with E-state index in [0.717, 1.165) is 44.5 Å². The number of pyridine rings is 1. The van der Waals surface area contributed by atoms with Crippen molar-refractivity contribution in [1.29, 1.82) is 0 Å². The number of nitrogens with zero attached hydrogens (tertiary/aromatic N) is 1. The number of ether oxygens (including phenoxy) is 1. The first kappa shape index (κ1) is 17.4. The van der Waals surface area contributed by atoms with Gasteiger partial charge in [0, 0.05) is 31.6 Å². The summed E-state index contributed by atoms with van der Waals surface area (Å²) in [4.78, 5) is 16.4. The molecule has 1 aromatic heterocycles. The van der Waals surface area contributed by atoms with Gasteiger partial charge >= 0.3 is 0 Å². The fourth-order valence-electron chi connectivity index (χ4n) is 2.93. The molecule has 3 rings (SSSR count). The lowest BCUT2D eigenvalue weighted by Gasteiger charge is -2.12. The lowest BCUT2D eigenvalue weighted by atomic mass is 10.1. The maximum absolute atomic E-state index is 12.2. The highest BCUT2D eigenvalue weighted by Gasteiger charge is 2.15. The van der Waals surface area contributed by atoms with Crippen molar-refractivity contribution < 1.29 is 9.53 Å². The SMILES string of the molecule is O=C(NCCCc1ccccc1)c1cc(NCC2CCCO2)ccn1. The normalized spacial score (nSPS) is 16.6. The second kappa shape index (κ2) is 9.18. The zero-order valence-electron chi connectivity index (χ0n) is 14.4. The topological polar surface area (TPSA) is 63.2 Å². The summed E-state index contributed by atoms with van der Waals surface area (Å²) in [5.41, 5.74) is 2.63. The number of benzene rings is 1. The molecule has 1 aliphatic heterocycles. The second-order valence-electron chi connectivity index (χ2n) is 6.29. The molecule has 1 amide bonds. The number of carbonyl (C=O) groups is 1. The van der Waals surface area contributed by atoms with Gasteiger partial charge in [0.2, 0.25) is 0 Å². The van der Waals surface area contributed by atoms with Gasteiger partial charge in [-0.1, -0.05) is 30.3 Å². The summed E-state index contributed by atoms with van der Waals surface area (Å²) in [6, 6.07) is 14.0. The summed E-state index contributed by atoms with van der Waals surface area (Å²) in [5.74, 6) is -0.131. The van der Waals surface area contributed by atoms with E-state index in [9.17, 15) is 4.79 Å². The number of nitrogens with one attached hydrogen (secondary N) is 2. The van der Waals surface area contributed by atoms with E-state index in [0.29, 0.717) is 12.2 Å². The maximum Gasteiger partial charge on any atom is 0.269 e. The summed E-state index contributed by atoms with van der Waals surface area (Å²) < 4.78 is 5.60. The van der Waals surface area contributed by atoms with E-state index < -0.39 is 0 Å². The molecule has 2 N–H and O–H groups in total. The predicted molar refractivity (Wildman–Crippen MR) is 98.8 cm³/mol. The molecular formula is C20H25N3O2. The monoisotopic (exact) mass is 339 g/mol. The molecule has 0 radical (unpaired) electrons. The summed E-state index contributed by atoms with van der Waals surface area (Å²) in [6.45, 7) is 2.25. The number of hydrogen-bond donors (Lipinski definition) is 2. The molecule has 1 aliphatic rings. The van der Waals surface area contributed by atoms with Gasteiger partial charge in [-0.25, -0.2) is 0 Å². The Bertz CT molecular complexity index is 670. The quantitative estimate of drug-likeness (QED) is 0.726. The van der Waals surface area contributed by atoms with Crippen LogP contribution in [0.15, 0.2) is 48.7 Å². The Morgan fingerprint density at radius 2 is 2.12 bits per heavy atom. The molecule has 1 unspecified atom stereocenters. The van der Waals surface area contributed by atoms with Gasteiger partial charge in [0.15, 0.2) is 0 Å². The Labute approximate surface area is 148 Å². The number of anilines is 1. The third-order valence-corrected chi connectivity index (χ3v) is 4.32. The molecule has 2 heterocycles. The number of aromatic nitrogens is 1. The number of rotatable bonds is 8. The Kier molecular flexibility index (Phi) is 6.40.